The summed E-state index contributed by atoms with van der Waals surface area (Å²) in [5.74, 6) is 0.428. The maximum absolute atomic E-state index is 12.4. The second kappa shape index (κ2) is 5.50. The van der Waals surface area contributed by atoms with Gasteiger partial charge in [0.15, 0.2) is 0 Å². The van der Waals surface area contributed by atoms with E-state index in [2.05, 4.69) is 0 Å². The minimum Gasteiger partial charge on any atom is -0.490 e. The van der Waals surface area contributed by atoms with Gasteiger partial charge in [-0.05, 0) is 24.3 Å². The monoisotopic (exact) mass is 273 g/mol. The van der Waals surface area contributed by atoms with E-state index < -0.39 is 11.7 Å². The maximum atomic E-state index is 12.4. The summed E-state index contributed by atoms with van der Waals surface area (Å²) in [6, 6.07) is 4.68. The molecular formula is C13H14F3NO2. The van der Waals surface area contributed by atoms with Gasteiger partial charge in [0.2, 0.25) is 6.41 Å². The summed E-state index contributed by atoms with van der Waals surface area (Å²) in [4.78, 5) is 12.2. The van der Waals surface area contributed by atoms with Crippen LogP contribution in [0.5, 0.6) is 5.75 Å². The van der Waals surface area contributed by atoms with Gasteiger partial charge in [-0.2, -0.15) is 13.2 Å². The van der Waals surface area contributed by atoms with Crippen LogP contribution in [0.15, 0.2) is 24.3 Å². The van der Waals surface area contributed by atoms with Crippen LogP contribution in [0.3, 0.4) is 0 Å². The Labute approximate surface area is 109 Å². The zero-order valence-electron chi connectivity index (χ0n) is 10.2. The first-order valence-electron chi connectivity index (χ1n) is 6.02. The minimum absolute atomic E-state index is 0.0482. The Morgan fingerprint density at radius 3 is 2.21 bits per heavy atom. The van der Waals surface area contributed by atoms with Crippen LogP contribution in [0.25, 0.3) is 0 Å². The smallest absolute Gasteiger partial charge is 0.416 e. The van der Waals surface area contributed by atoms with Gasteiger partial charge < -0.3 is 9.64 Å². The molecule has 1 saturated heterocycles. The SMILES string of the molecule is O=CN1CCC(Oc2ccc(C(F)(F)F)cc2)CC1. The fraction of sp³-hybridized carbons (Fsp3) is 0.462. The van der Waals surface area contributed by atoms with Crippen LogP contribution in [0.1, 0.15) is 18.4 Å². The van der Waals surface area contributed by atoms with Gasteiger partial charge >= 0.3 is 6.18 Å². The Kier molecular flexibility index (Phi) is 3.97. The number of benzene rings is 1. The van der Waals surface area contributed by atoms with E-state index in [9.17, 15) is 18.0 Å². The van der Waals surface area contributed by atoms with Gasteiger partial charge in [0, 0.05) is 25.9 Å². The molecule has 0 bridgehead atoms. The molecule has 1 aromatic rings. The Hall–Kier alpha value is -1.72. The van der Waals surface area contributed by atoms with E-state index in [-0.39, 0.29) is 6.10 Å². The van der Waals surface area contributed by atoms with Crippen LogP contribution in [0.4, 0.5) is 13.2 Å². The second-order valence-corrected chi connectivity index (χ2v) is 4.48. The van der Waals surface area contributed by atoms with E-state index in [0.29, 0.717) is 31.7 Å². The molecule has 1 aliphatic heterocycles. The largest absolute Gasteiger partial charge is 0.490 e. The molecule has 0 N–H and O–H groups in total. The van der Waals surface area contributed by atoms with E-state index in [0.717, 1.165) is 18.5 Å². The topological polar surface area (TPSA) is 29.5 Å². The van der Waals surface area contributed by atoms with Crippen molar-refractivity contribution < 1.29 is 22.7 Å². The number of piperidine rings is 1. The van der Waals surface area contributed by atoms with Crippen molar-refractivity contribution in [3.05, 3.63) is 29.8 Å². The van der Waals surface area contributed by atoms with Crippen LogP contribution in [0.2, 0.25) is 0 Å². The fourth-order valence-corrected chi connectivity index (χ4v) is 2.01. The number of likely N-dealkylation sites (tertiary alicyclic amines) is 1. The number of alkyl halides is 3. The lowest BCUT2D eigenvalue weighted by Gasteiger charge is -2.29. The molecule has 1 fully saturated rings. The standard InChI is InChI=1S/C13H14F3NO2/c14-13(15,16)10-1-3-11(4-2-10)19-12-5-7-17(9-18)8-6-12/h1-4,9,12H,5-8H2. The molecule has 104 valence electrons. The quantitative estimate of drug-likeness (QED) is 0.792. The molecule has 1 aromatic carbocycles. The molecule has 0 aliphatic carbocycles. The van der Waals surface area contributed by atoms with Crippen molar-refractivity contribution in [3.8, 4) is 5.75 Å². The number of hydrogen-bond acceptors (Lipinski definition) is 2. The average Bonchev–Trinajstić information content (AvgIpc) is 2.39. The number of carbonyl (C=O) groups excluding carboxylic acids is 1. The minimum atomic E-state index is -4.33. The number of nitrogens with zero attached hydrogens (tertiary/aromatic N) is 1. The number of rotatable bonds is 3. The van der Waals surface area contributed by atoms with E-state index in [1.54, 1.807) is 4.90 Å². The third kappa shape index (κ3) is 3.62. The molecule has 0 spiro atoms. The van der Waals surface area contributed by atoms with Crippen LogP contribution in [-0.4, -0.2) is 30.5 Å². The Bertz CT molecular complexity index is 423. The first-order valence-corrected chi connectivity index (χ1v) is 6.02. The molecule has 0 unspecified atom stereocenters. The lowest BCUT2D eigenvalue weighted by atomic mass is 10.1. The molecule has 1 heterocycles. The normalized spacial score (nSPS) is 17.3. The first-order chi connectivity index (χ1) is 8.99. The molecule has 3 nitrogen and oxygen atoms in total. The molecule has 1 amide bonds. The zero-order valence-corrected chi connectivity index (χ0v) is 10.2. The first kappa shape index (κ1) is 13.7. The molecule has 0 aromatic heterocycles. The predicted molar refractivity (Wildman–Crippen MR) is 62.7 cm³/mol. The molecule has 0 saturated carbocycles. The summed E-state index contributed by atoms with van der Waals surface area (Å²) in [6.07, 6.45) is -2.19. The molecule has 0 radical (unpaired) electrons. The van der Waals surface area contributed by atoms with Crippen molar-refractivity contribution in [1.82, 2.24) is 4.90 Å². The molecule has 2 rings (SSSR count). The van der Waals surface area contributed by atoms with Crippen molar-refractivity contribution in [2.75, 3.05) is 13.1 Å². The van der Waals surface area contributed by atoms with Crippen molar-refractivity contribution in [1.29, 1.82) is 0 Å². The molecule has 0 atom stereocenters. The van der Waals surface area contributed by atoms with Gasteiger partial charge in [0.05, 0.1) is 5.56 Å². The van der Waals surface area contributed by atoms with E-state index >= 15 is 0 Å². The molecular weight excluding hydrogens is 259 g/mol. The van der Waals surface area contributed by atoms with Crippen LogP contribution in [-0.2, 0) is 11.0 Å². The number of carbonyl (C=O) groups is 1. The van der Waals surface area contributed by atoms with Gasteiger partial charge in [-0.3, -0.25) is 4.79 Å². The Balaban J connectivity index is 1.92. The van der Waals surface area contributed by atoms with Crippen LogP contribution < -0.4 is 4.74 Å². The highest BCUT2D eigenvalue weighted by molar-refractivity contribution is 5.47. The van der Waals surface area contributed by atoms with Gasteiger partial charge in [-0.1, -0.05) is 0 Å². The third-order valence-corrected chi connectivity index (χ3v) is 3.11. The lowest BCUT2D eigenvalue weighted by Crippen LogP contribution is -2.37. The summed E-state index contributed by atoms with van der Waals surface area (Å²) < 4.78 is 42.7. The Morgan fingerprint density at radius 2 is 1.74 bits per heavy atom. The predicted octanol–water partition coefficient (Wildman–Crippen LogP) is 2.71. The number of ether oxygens (including phenoxy) is 1. The number of amides is 1. The average molecular weight is 273 g/mol. The van der Waals surface area contributed by atoms with E-state index in [1.807, 2.05) is 0 Å². The van der Waals surface area contributed by atoms with Crippen molar-refractivity contribution >= 4 is 6.41 Å². The van der Waals surface area contributed by atoms with Crippen molar-refractivity contribution in [3.63, 3.8) is 0 Å². The Morgan fingerprint density at radius 1 is 1.16 bits per heavy atom. The third-order valence-electron chi connectivity index (χ3n) is 3.11. The highest BCUT2D eigenvalue weighted by Gasteiger charge is 2.30. The van der Waals surface area contributed by atoms with Gasteiger partial charge in [0.1, 0.15) is 11.9 Å². The highest BCUT2D eigenvalue weighted by atomic mass is 19.4. The summed E-state index contributed by atoms with van der Waals surface area (Å²) in [7, 11) is 0. The summed E-state index contributed by atoms with van der Waals surface area (Å²) in [6.45, 7) is 1.24. The van der Waals surface area contributed by atoms with Gasteiger partial charge in [0.25, 0.3) is 0 Å². The lowest BCUT2D eigenvalue weighted by molar-refractivity contribution is -0.137. The summed E-state index contributed by atoms with van der Waals surface area (Å²) in [5, 5.41) is 0. The van der Waals surface area contributed by atoms with E-state index in [1.165, 1.54) is 12.1 Å². The molecule has 19 heavy (non-hydrogen) atoms. The van der Waals surface area contributed by atoms with Crippen molar-refractivity contribution in [2.24, 2.45) is 0 Å². The van der Waals surface area contributed by atoms with Crippen molar-refractivity contribution in [2.45, 2.75) is 25.1 Å². The molecule has 1 aliphatic rings. The van der Waals surface area contributed by atoms with Crippen LogP contribution >= 0.6 is 0 Å². The fourth-order valence-electron chi connectivity index (χ4n) is 2.01. The summed E-state index contributed by atoms with van der Waals surface area (Å²) >= 11 is 0. The molecule has 6 heteroatoms. The number of halogens is 3. The van der Waals surface area contributed by atoms with Gasteiger partial charge in [-0.25, -0.2) is 0 Å². The van der Waals surface area contributed by atoms with Gasteiger partial charge in [-0.15, -0.1) is 0 Å². The second-order valence-electron chi connectivity index (χ2n) is 4.48. The maximum Gasteiger partial charge on any atom is 0.416 e. The number of hydrogen-bond donors (Lipinski definition) is 0. The van der Waals surface area contributed by atoms with Crippen LogP contribution in [0, 0.1) is 0 Å². The summed E-state index contributed by atoms with van der Waals surface area (Å²) in [5.41, 5.74) is -0.685. The zero-order chi connectivity index (χ0) is 13.9. The highest BCUT2D eigenvalue weighted by Crippen LogP contribution is 2.30. The van der Waals surface area contributed by atoms with E-state index in [4.69, 9.17) is 4.74 Å².